The summed E-state index contributed by atoms with van der Waals surface area (Å²) >= 11 is 0. The second-order valence-electron chi connectivity index (χ2n) is 6.95. The van der Waals surface area contributed by atoms with Gasteiger partial charge in [0.1, 0.15) is 0 Å². The van der Waals surface area contributed by atoms with Crippen molar-refractivity contribution in [1.29, 1.82) is 0 Å². The van der Waals surface area contributed by atoms with E-state index < -0.39 is 4.92 Å². The lowest BCUT2D eigenvalue weighted by atomic mass is 10.1. The van der Waals surface area contributed by atoms with Gasteiger partial charge in [-0.05, 0) is 43.3 Å². The molecule has 2 aromatic carbocycles. The Morgan fingerprint density at radius 2 is 1.87 bits per heavy atom. The number of benzene rings is 2. The highest BCUT2D eigenvalue weighted by atomic mass is 16.6. The molecule has 0 bridgehead atoms. The molecular weight excluding hydrogens is 382 g/mol. The van der Waals surface area contributed by atoms with Crippen molar-refractivity contribution in [3.63, 3.8) is 0 Å². The molecule has 0 aliphatic carbocycles. The van der Waals surface area contributed by atoms with Gasteiger partial charge in [0, 0.05) is 47.1 Å². The van der Waals surface area contributed by atoms with E-state index in [2.05, 4.69) is 10.1 Å². The van der Waals surface area contributed by atoms with Gasteiger partial charge in [0.25, 0.3) is 11.2 Å². The third kappa shape index (κ3) is 2.74. The number of hydrogen-bond acceptors (Lipinski definition) is 5. The van der Waals surface area contributed by atoms with Crippen molar-refractivity contribution < 1.29 is 4.92 Å². The van der Waals surface area contributed by atoms with Gasteiger partial charge < -0.3 is 0 Å². The largest absolute Gasteiger partial charge is 0.276 e. The molecule has 0 spiro atoms. The predicted octanol–water partition coefficient (Wildman–Crippen LogP) is 3.94. The highest BCUT2D eigenvalue weighted by Crippen LogP contribution is 2.28. The summed E-state index contributed by atoms with van der Waals surface area (Å²) in [6, 6.07) is 15.5. The third-order valence-corrected chi connectivity index (χ3v) is 5.12. The van der Waals surface area contributed by atoms with E-state index in [0.29, 0.717) is 22.3 Å². The summed E-state index contributed by atoms with van der Waals surface area (Å²) in [6.07, 6.45) is 5.22. The number of nitrogens with zero attached hydrogens (tertiary/aromatic N) is 5. The minimum absolute atomic E-state index is 0.0352. The lowest BCUT2D eigenvalue weighted by Crippen LogP contribution is -2.18. The number of fused-ring (bicyclic) bond motifs is 3. The van der Waals surface area contributed by atoms with Crippen LogP contribution in [0, 0.1) is 17.0 Å². The Balaban J connectivity index is 1.89. The summed E-state index contributed by atoms with van der Waals surface area (Å²) in [5.74, 6) is 0. The van der Waals surface area contributed by atoms with Gasteiger partial charge in [-0.2, -0.15) is 5.10 Å². The number of aromatic nitrogens is 4. The summed E-state index contributed by atoms with van der Waals surface area (Å²) in [7, 11) is 0. The molecule has 0 N–H and O–H groups in total. The molecule has 8 heteroatoms. The zero-order chi connectivity index (χ0) is 20.8. The first-order valence-corrected chi connectivity index (χ1v) is 9.23. The fourth-order valence-electron chi connectivity index (χ4n) is 3.65. The van der Waals surface area contributed by atoms with Gasteiger partial charge >= 0.3 is 0 Å². The van der Waals surface area contributed by atoms with Crippen molar-refractivity contribution in [1.82, 2.24) is 19.3 Å². The molecule has 0 saturated carbocycles. The average molecular weight is 397 g/mol. The monoisotopic (exact) mass is 397 g/mol. The van der Waals surface area contributed by atoms with Crippen LogP contribution in [-0.4, -0.2) is 24.3 Å². The first kappa shape index (κ1) is 17.7. The third-order valence-electron chi connectivity index (χ3n) is 5.12. The first-order chi connectivity index (χ1) is 14.5. The molecular formula is C22H15N5O3. The van der Waals surface area contributed by atoms with Crippen LogP contribution < -0.4 is 5.56 Å². The molecule has 8 nitrogen and oxygen atoms in total. The van der Waals surface area contributed by atoms with Crippen molar-refractivity contribution in [3.05, 3.63) is 99.2 Å². The van der Waals surface area contributed by atoms with Crippen LogP contribution in [-0.2, 0) is 0 Å². The molecule has 0 aliphatic rings. The minimum Gasteiger partial charge on any atom is -0.276 e. The number of pyridine rings is 2. The molecule has 0 saturated heterocycles. The average Bonchev–Trinajstić information content (AvgIpc) is 3.28. The fraction of sp³-hybridized carbons (Fsp3) is 0.0455. The quantitative estimate of drug-likeness (QED) is 0.261. The number of nitro benzene ring substituents is 1. The molecule has 146 valence electrons. The number of nitro groups is 1. The van der Waals surface area contributed by atoms with Crippen LogP contribution in [0.5, 0.6) is 0 Å². The van der Waals surface area contributed by atoms with E-state index in [1.165, 1.54) is 16.7 Å². The molecule has 0 atom stereocenters. The second-order valence-corrected chi connectivity index (χ2v) is 6.95. The Kier molecular flexibility index (Phi) is 3.92. The van der Waals surface area contributed by atoms with Crippen molar-refractivity contribution in [2.24, 2.45) is 0 Å². The van der Waals surface area contributed by atoms with Gasteiger partial charge in [0.15, 0.2) is 0 Å². The lowest BCUT2D eigenvalue weighted by Gasteiger charge is -2.13. The van der Waals surface area contributed by atoms with Crippen molar-refractivity contribution in [2.75, 3.05) is 0 Å². The standard InChI is InChI=1S/C22H15N5O3/c1-14-3-5-17(12-20(14)27(29)30)26-21(28)8-4-15-13-23-19-7-6-16(11-18(19)22(15)26)25-10-2-9-24-25/h2-13H,1H3. The van der Waals surface area contributed by atoms with Gasteiger partial charge in [-0.3, -0.25) is 24.5 Å². The number of hydrogen-bond donors (Lipinski definition) is 0. The highest BCUT2D eigenvalue weighted by Gasteiger charge is 2.16. The topological polar surface area (TPSA) is 95.8 Å². The second kappa shape index (κ2) is 6.63. The Hall–Kier alpha value is -4.33. The SMILES string of the molecule is Cc1ccc(-n2c(=O)ccc3cnc4ccc(-n5cccn5)cc4c32)cc1[N+](=O)[O-]. The summed E-state index contributed by atoms with van der Waals surface area (Å²) in [4.78, 5) is 28.4. The van der Waals surface area contributed by atoms with Crippen LogP contribution >= 0.6 is 0 Å². The van der Waals surface area contributed by atoms with E-state index in [1.54, 1.807) is 42.2 Å². The Morgan fingerprint density at radius 1 is 1.03 bits per heavy atom. The van der Waals surface area contributed by atoms with Crippen LogP contribution in [0.4, 0.5) is 5.69 Å². The van der Waals surface area contributed by atoms with E-state index in [0.717, 1.165) is 16.5 Å². The predicted molar refractivity (Wildman–Crippen MR) is 113 cm³/mol. The van der Waals surface area contributed by atoms with Crippen molar-refractivity contribution >= 4 is 27.5 Å². The van der Waals surface area contributed by atoms with Crippen LogP contribution in [0.25, 0.3) is 33.2 Å². The number of rotatable bonds is 3. The molecule has 0 fully saturated rings. The van der Waals surface area contributed by atoms with Crippen molar-refractivity contribution in [2.45, 2.75) is 6.92 Å². The maximum Gasteiger partial charge on any atom is 0.274 e. The van der Waals surface area contributed by atoms with Gasteiger partial charge in [-0.15, -0.1) is 0 Å². The summed E-state index contributed by atoms with van der Waals surface area (Å²) in [5.41, 5.74) is 2.81. The van der Waals surface area contributed by atoms with E-state index in [1.807, 2.05) is 30.5 Å². The number of aryl methyl sites for hydroxylation is 1. The van der Waals surface area contributed by atoms with E-state index >= 15 is 0 Å². The van der Waals surface area contributed by atoms with E-state index in [-0.39, 0.29) is 11.2 Å². The van der Waals surface area contributed by atoms with Gasteiger partial charge in [-0.25, -0.2) is 4.68 Å². The van der Waals surface area contributed by atoms with Gasteiger partial charge in [0.05, 0.1) is 27.3 Å². The molecule has 0 radical (unpaired) electrons. The van der Waals surface area contributed by atoms with Gasteiger partial charge in [-0.1, -0.05) is 6.07 Å². The molecule has 5 rings (SSSR count). The molecule has 3 heterocycles. The summed E-state index contributed by atoms with van der Waals surface area (Å²) in [5, 5.41) is 17.2. The van der Waals surface area contributed by atoms with Crippen LogP contribution in [0.2, 0.25) is 0 Å². The van der Waals surface area contributed by atoms with E-state index in [9.17, 15) is 14.9 Å². The van der Waals surface area contributed by atoms with Crippen LogP contribution in [0.1, 0.15) is 5.56 Å². The Morgan fingerprint density at radius 3 is 2.63 bits per heavy atom. The fourth-order valence-corrected chi connectivity index (χ4v) is 3.65. The minimum atomic E-state index is -0.440. The Labute approximate surface area is 169 Å². The van der Waals surface area contributed by atoms with Crippen LogP contribution in [0.3, 0.4) is 0 Å². The maximum absolute atomic E-state index is 12.9. The lowest BCUT2D eigenvalue weighted by molar-refractivity contribution is -0.385. The Bertz CT molecular complexity index is 1500. The first-order valence-electron chi connectivity index (χ1n) is 9.23. The summed E-state index contributed by atoms with van der Waals surface area (Å²) in [6.45, 7) is 1.67. The smallest absolute Gasteiger partial charge is 0.274 e. The molecule has 3 aromatic heterocycles. The normalized spacial score (nSPS) is 11.2. The summed E-state index contributed by atoms with van der Waals surface area (Å²) < 4.78 is 3.22. The van der Waals surface area contributed by atoms with Crippen molar-refractivity contribution in [3.8, 4) is 11.4 Å². The molecule has 0 aliphatic heterocycles. The zero-order valence-electron chi connectivity index (χ0n) is 15.9. The maximum atomic E-state index is 12.9. The molecule has 0 amide bonds. The highest BCUT2D eigenvalue weighted by molar-refractivity contribution is 6.04. The van der Waals surface area contributed by atoms with Crippen LogP contribution in [0.15, 0.2) is 78.0 Å². The van der Waals surface area contributed by atoms with Gasteiger partial charge in [0.2, 0.25) is 0 Å². The molecule has 0 unspecified atom stereocenters. The zero-order valence-corrected chi connectivity index (χ0v) is 15.9. The van der Waals surface area contributed by atoms with E-state index in [4.69, 9.17) is 0 Å². The molecule has 5 aromatic rings. The molecule has 30 heavy (non-hydrogen) atoms.